The lowest BCUT2D eigenvalue weighted by atomic mass is 10.1. The first-order valence-corrected chi connectivity index (χ1v) is 6.15. The Hall–Kier alpha value is -0.670. The van der Waals surface area contributed by atoms with Gasteiger partial charge in [-0.15, -0.1) is 11.8 Å². The highest BCUT2D eigenvalue weighted by Crippen LogP contribution is 2.40. The maximum Gasteiger partial charge on any atom is 0.0573 e. The third kappa shape index (κ3) is 1.99. The molecule has 2 N–H and O–H groups in total. The van der Waals surface area contributed by atoms with E-state index in [1.807, 2.05) is 0 Å². The Morgan fingerprint density at radius 1 is 1.40 bits per heavy atom. The number of anilines is 1. The number of nitrogens with one attached hydrogen (secondary N) is 1. The molecule has 15 heavy (non-hydrogen) atoms. The van der Waals surface area contributed by atoms with Crippen molar-refractivity contribution < 1.29 is 5.11 Å². The predicted octanol–water partition coefficient (Wildman–Crippen LogP) is 2.57. The minimum atomic E-state index is 0.228. The van der Waals surface area contributed by atoms with Gasteiger partial charge in [-0.25, -0.2) is 0 Å². The summed E-state index contributed by atoms with van der Waals surface area (Å²) in [6.45, 7) is 6.59. The summed E-state index contributed by atoms with van der Waals surface area (Å²) in [6, 6.07) is 4.70. The number of aliphatic hydroxyl groups is 1. The van der Waals surface area contributed by atoms with Crippen LogP contribution in [0.2, 0.25) is 0 Å². The Morgan fingerprint density at radius 3 is 2.80 bits per heavy atom. The molecule has 0 radical (unpaired) electrons. The van der Waals surface area contributed by atoms with E-state index >= 15 is 0 Å². The van der Waals surface area contributed by atoms with Gasteiger partial charge in [0, 0.05) is 16.6 Å². The molecule has 82 valence electrons. The number of aryl methyl sites for hydroxylation is 2. The van der Waals surface area contributed by atoms with Crippen molar-refractivity contribution in [2.45, 2.75) is 37.0 Å². The second-order valence-electron chi connectivity index (χ2n) is 4.23. The van der Waals surface area contributed by atoms with Crippen molar-refractivity contribution in [2.24, 2.45) is 0 Å². The van der Waals surface area contributed by atoms with Gasteiger partial charge in [0.2, 0.25) is 0 Å². The Bertz CT molecular complexity index is 378. The second-order valence-corrected chi connectivity index (χ2v) is 5.48. The summed E-state index contributed by atoms with van der Waals surface area (Å²) in [5.74, 6) is 0. The fraction of sp³-hybridized carbons (Fsp3) is 0.500. The SMILES string of the molecule is Cc1cc(C)c2c(c1)NC(C)C(CO)S2. The minimum Gasteiger partial charge on any atom is -0.395 e. The summed E-state index contributed by atoms with van der Waals surface area (Å²) in [5.41, 5.74) is 3.80. The van der Waals surface area contributed by atoms with Crippen LogP contribution >= 0.6 is 11.8 Å². The van der Waals surface area contributed by atoms with Crippen LogP contribution in [0, 0.1) is 13.8 Å². The molecule has 0 saturated carbocycles. The lowest BCUT2D eigenvalue weighted by Gasteiger charge is -2.32. The molecular formula is C12H17NOS. The fourth-order valence-electron chi connectivity index (χ4n) is 2.01. The molecule has 1 aliphatic heterocycles. The summed E-state index contributed by atoms with van der Waals surface area (Å²) in [4.78, 5) is 1.29. The molecule has 0 saturated heterocycles. The second kappa shape index (κ2) is 4.06. The largest absolute Gasteiger partial charge is 0.395 e. The molecule has 1 aromatic rings. The van der Waals surface area contributed by atoms with Gasteiger partial charge in [0.15, 0.2) is 0 Å². The highest BCUT2D eigenvalue weighted by molar-refractivity contribution is 8.00. The normalized spacial score (nSPS) is 24.5. The molecule has 2 nitrogen and oxygen atoms in total. The molecule has 0 amide bonds. The lowest BCUT2D eigenvalue weighted by Crippen LogP contribution is -2.34. The molecular weight excluding hydrogens is 206 g/mol. The van der Waals surface area contributed by atoms with Crippen molar-refractivity contribution in [3.63, 3.8) is 0 Å². The first kappa shape index (κ1) is 10.8. The highest BCUT2D eigenvalue weighted by Gasteiger charge is 2.25. The third-order valence-corrected chi connectivity index (χ3v) is 4.45. The Kier molecular flexibility index (Phi) is 2.94. The van der Waals surface area contributed by atoms with E-state index in [-0.39, 0.29) is 11.9 Å². The van der Waals surface area contributed by atoms with Crippen LogP contribution in [0.3, 0.4) is 0 Å². The van der Waals surface area contributed by atoms with Crippen molar-refractivity contribution in [3.05, 3.63) is 23.3 Å². The molecule has 1 aliphatic rings. The summed E-state index contributed by atoms with van der Waals surface area (Å²) in [5, 5.41) is 13.0. The molecule has 1 aromatic carbocycles. The number of aliphatic hydroxyl groups excluding tert-OH is 1. The minimum absolute atomic E-state index is 0.228. The van der Waals surface area contributed by atoms with Gasteiger partial charge in [0.1, 0.15) is 0 Å². The van der Waals surface area contributed by atoms with E-state index in [4.69, 9.17) is 0 Å². The fourth-order valence-corrected chi connectivity index (χ4v) is 3.14. The van der Waals surface area contributed by atoms with Crippen molar-refractivity contribution in [3.8, 4) is 0 Å². The van der Waals surface area contributed by atoms with Gasteiger partial charge in [-0.3, -0.25) is 0 Å². The first-order valence-electron chi connectivity index (χ1n) is 5.27. The van der Waals surface area contributed by atoms with Gasteiger partial charge < -0.3 is 10.4 Å². The molecule has 2 atom stereocenters. The summed E-state index contributed by atoms with van der Waals surface area (Å²) >= 11 is 1.79. The maximum atomic E-state index is 9.27. The van der Waals surface area contributed by atoms with E-state index in [0.717, 1.165) is 0 Å². The lowest BCUT2D eigenvalue weighted by molar-refractivity contribution is 0.287. The van der Waals surface area contributed by atoms with Crippen LogP contribution < -0.4 is 5.32 Å². The molecule has 0 aliphatic carbocycles. The van der Waals surface area contributed by atoms with E-state index < -0.39 is 0 Å². The van der Waals surface area contributed by atoms with E-state index in [1.165, 1.54) is 21.7 Å². The van der Waals surface area contributed by atoms with Crippen molar-refractivity contribution in [2.75, 3.05) is 11.9 Å². The van der Waals surface area contributed by atoms with E-state index in [0.29, 0.717) is 6.04 Å². The van der Waals surface area contributed by atoms with Crippen LogP contribution in [0.25, 0.3) is 0 Å². The standard InChI is InChI=1S/C12H17NOS/c1-7-4-8(2)12-10(5-7)13-9(3)11(6-14)15-12/h4-5,9,11,13-14H,6H2,1-3H3. The molecule has 2 rings (SSSR count). The van der Waals surface area contributed by atoms with Crippen LogP contribution in [0.4, 0.5) is 5.69 Å². The molecule has 0 aromatic heterocycles. The number of thioether (sulfide) groups is 1. The smallest absolute Gasteiger partial charge is 0.0573 e. The zero-order valence-electron chi connectivity index (χ0n) is 9.37. The average molecular weight is 223 g/mol. The number of fused-ring (bicyclic) bond motifs is 1. The Labute approximate surface area is 95.1 Å². The van der Waals surface area contributed by atoms with E-state index in [9.17, 15) is 5.11 Å². The van der Waals surface area contributed by atoms with Gasteiger partial charge in [-0.1, -0.05) is 6.07 Å². The van der Waals surface area contributed by atoms with Gasteiger partial charge in [0.05, 0.1) is 11.9 Å². The van der Waals surface area contributed by atoms with Gasteiger partial charge in [-0.05, 0) is 38.0 Å². The van der Waals surface area contributed by atoms with E-state index in [2.05, 4.69) is 38.2 Å². The summed E-state index contributed by atoms with van der Waals surface area (Å²) < 4.78 is 0. The van der Waals surface area contributed by atoms with Crippen LogP contribution in [-0.4, -0.2) is 23.0 Å². The monoisotopic (exact) mass is 223 g/mol. The van der Waals surface area contributed by atoms with Crippen LogP contribution in [-0.2, 0) is 0 Å². The maximum absolute atomic E-state index is 9.27. The summed E-state index contributed by atoms with van der Waals surface area (Å²) in [7, 11) is 0. The molecule has 2 unspecified atom stereocenters. The van der Waals surface area contributed by atoms with Crippen LogP contribution in [0.15, 0.2) is 17.0 Å². The van der Waals surface area contributed by atoms with Crippen LogP contribution in [0.1, 0.15) is 18.1 Å². The molecule has 0 spiro atoms. The average Bonchev–Trinajstić information content (AvgIpc) is 2.16. The molecule has 0 fully saturated rings. The number of benzene rings is 1. The third-order valence-electron chi connectivity index (χ3n) is 2.81. The van der Waals surface area contributed by atoms with Crippen molar-refractivity contribution in [1.82, 2.24) is 0 Å². The first-order chi connectivity index (χ1) is 7.11. The van der Waals surface area contributed by atoms with Gasteiger partial charge in [-0.2, -0.15) is 0 Å². The summed E-state index contributed by atoms with van der Waals surface area (Å²) in [6.07, 6.45) is 0. The zero-order chi connectivity index (χ0) is 11.0. The number of rotatable bonds is 1. The highest BCUT2D eigenvalue weighted by atomic mass is 32.2. The topological polar surface area (TPSA) is 32.3 Å². The molecule has 1 heterocycles. The zero-order valence-corrected chi connectivity index (χ0v) is 10.2. The van der Waals surface area contributed by atoms with Crippen molar-refractivity contribution in [1.29, 1.82) is 0 Å². The van der Waals surface area contributed by atoms with Crippen molar-refractivity contribution >= 4 is 17.4 Å². The Morgan fingerprint density at radius 2 is 2.13 bits per heavy atom. The number of hydrogen-bond donors (Lipinski definition) is 2. The molecule has 3 heteroatoms. The predicted molar refractivity (Wildman–Crippen MR) is 65.7 cm³/mol. The van der Waals surface area contributed by atoms with Crippen LogP contribution in [0.5, 0.6) is 0 Å². The molecule has 0 bridgehead atoms. The van der Waals surface area contributed by atoms with Gasteiger partial charge >= 0.3 is 0 Å². The number of hydrogen-bond acceptors (Lipinski definition) is 3. The van der Waals surface area contributed by atoms with E-state index in [1.54, 1.807) is 11.8 Å². The Balaban J connectivity index is 2.40. The van der Waals surface area contributed by atoms with Gasteiger partial charge in [0.25, 0.3) is 0 Å². The quantitative estimate of drug-likeness (QED) is 0.767.